The lowest BCUT2D eigenvalue weighted by Crippen LogP contribution is -1.93. The molecule has 0 saturated carbocycles. The summed E-state index contributed by atoms with van der Waals surface area (Å²) in [5, 5.41) is 0. The Hall–Kier alpha value is -1.42. The van der Waals surface area contributed by atoms with E-state index in [-0.39, 0.29) is 4.87 Å². The fraction of sp³-hybridized carbons (Fsp3) is 0.111. The van der Waals surface area contributed by atoms with E-state index in [4.69, 9.17) is 0 Å². The quantitative estimate of drug-likeness (QED) is 0.749. The van der Waals surface area contributed by atoms with Crippen molar-refractivity contribution in [2.24, 2.45) is 0 Å². The van der Waals surface area contributed by atoms with Crippen molar-refractivity contribution >= 4 is 11.3 Å². The number of nitrogens with zero attached hydrogens (tertiary/aromatic N) is 1. The van der Waals surface area contributed by atoms with E-state index in [1.54, 1.807) is 6.20 Å². The van der Waals surface area contributed by atoms with Gasteiger partial charge in [0.25, 0.3) is 0 Å². The molecule has 66 valence electrons. The first-order valence-electron chi connectivity index (χ1n) is 3.88. The van der Waals surface area contributed by atoms with Crippen molar-refractivity contribution in [1.29, 1.82) is 0 Å². The van der Waals surface area contributed by atoms with Crippen LogP contribution in [-0.4, -0.2) is 9.97 Å². The third-order valence-electron chi connectivity index (χ3n) is 1.75. The standard InChI is InChI=1S/C9H8N2OS/c1-6-8(11-9(12)13-6)7-4-2-3-5-10-7/h2-5H,1H3,(H,11,12). The molecule has 3 nitrogen and oxygen atoms in total. The van der Waals surface area contributed by atoms with E-state index in [9.17, 15) is 4.79 Å². The van der Waals surface area contributed by atoms with Crippen molar-refractivity contribution in [2.75, 3.05) is 0 Å². The third kappa shape index (κ3) is 1.53. The van der Waals surface area contributed by atoms with Crippen molar-refractivity contribution in [1.82, 2.24) is 9.97 Å². The first-order chi connectivity index (χ1) is 6.27. The lowest BCUT2D eigenvalue weighted by atomic mass is 10.2. The highest BCUT2D eigenvalue weighted by atomic mass is 32.1. The molecular formula is C9H8N2OS. The van der Waals surface area contributed by atoms with Crippen LogP contribution in [0.25, 0.3) is 11.4 Å². The molecule has 0 amide bonds. The van der Waals surface area contributed by atoms with Crippen LogP contribution in [0.4, 0.5) is 0 Å². The van der Waals surface area contributed by atoms with Gasteiger partial charge in [0.15, 0.2) is 0 Å². The fourth-order valence-corrected chi connectivity index (χ4v) is 1.85. The summed E-state index contributed by atoms with van der Waals surface area (Å²) in [5.74, 6) is 0. The molecule has 0 bridgehead atoms. The molecule has 0 spiro atoms. The zero-order valence-electron chi connectivity index (χ0n) is 7.07. The molecule has 0 saturated heterocycles. The Morgan fingerprint density at radius 3 is 2.85 bits per heavy atom. The Labute approximate surface area is 79.1 Å². The van der Waals surface area contributed by atoms with Crippen molar-refractivity contribution in [3.05, 3.63) is 38.9 Å². The molecule has 4 heteroatoms. The molecule has 2 heterocycles. The van der Waals surface area contributed by atoms with Crippen LogP contribution in [0.15, 0.2) is 29.2 Å². The zero-order valence-corrected chi connectivity index (χ0v) is 7.89. The minimum atomic E-state index is -0.0295. The number of aromatic amines is 1. The lowest BCUT2D eigenvalue weighted by Gasteiger charge is -1.95. The van der Waals surface area contributed by atoms with E-state index >= 15 is 0 Å². The Kier molecular flexibility index (Phi) is 1.98. The van der Waals surface area contributed by atoms with E-state index < -0.39 is 0 Å². The summed E-state index contributed by atoms with van der Waals surface area (Å²) in [6.45, 7) is 1.91. The van der Waals surface area contributed by atoms with Crippen molar-refractivity contribution in [2.45, 2.75) is 6.92 Å². The Morgan fingerprint density at radius 1 is 1.46 bits per heavy atom. The van der Waals surface area contributed by atoms with Gasteiger partial charge in [0.05, 0.1) is 11.4 Å². The number of aromatic nitrogens is 2. The number of aryl methyl sites for hydroxylation is 1. The number of nitrogens with one attached hydrogen (secondary N) is 1. The normalized spacial score (nSPS) is 10.2. The highest BCUT2D eigenvalue weighted by Gasteiger charge is 2.05. The molecule has 0 atom stereocenters. The molecule has 2 rings (SSSR count). The highest BCUT2D eigenvalue weighted by Crippen LogP contribution is 2.18. The van der Waals surface area contributed by atoms with Crippen LogP contribution in [-0.2, 0) is 0 Å². The number of hydrogen-bond acceptors (Lipinski definition) is 3. The van der Waals surface area contributed by atoms with Gasteiger partial charge in [-0.05, 0) is 19.1 Å². The average Bonchev–Trinajstić information content (AvgIpc) is 2.47. The van der Waals surface area contributed by atoms with E-state index in [1.807, 2.05) is 25.1 Å². The van der Waals surface area contributed by atoms with E-state index in [0.29, 0.717) is 0 Å². The van der Waals surface area contributed by atoms with Gasteiger partial charge in [0, 0.05) is 11.1 Å². The fourth-order valence-electron chi connectivity index (χ4n) is 1.16. The summed E-state index contributed by atoms with van der Waals surface area (Å²) < 4.78 is 0. The lowest BCUT2D eigenvalue weighted by molar-refractivity contribution is 1.24. The van der Waals surface area contributed by atoms with Crippen LogP contribution >= 0.6 is 11.3 Å². The van der Waals surface area contributed by atoms with Crippen LogP contribution < -0.4 is 4.87 Å². The molecule has 2 aromatic heterocycles. The van der Waals surface area contributed by atoms with Gasteiger partial charge in [-0.3, -0.25) is 9.78 Å². The van der Waals surface area contributed by atoms with Gasteiger partial charge < -0.3 is 4.98 Å². The Morgan fingerprint density at radius 2 is 2.31 bits per heavy atom. The van der Waals surface area contributed by atoms with E-state index in [0.717, 1.165) is 16.3 Å². The second-order valence-electron chi connectivity index (χ2n) is 2.66. The summed E-state index contributed by atoms with van der Waals surface area (Å²) in [7, 11) is 0. The molecule has 0 aliphatic carbocycles. The van der Waals surface area contributed by atoms with Crippen LogP contribution in [0.3, 0.4) is 0 Å². The SMILES string of the molecule is Cc1sc(=O)[nH]c1-c1ccccn1. The maximum atomic E-state index is 11.0. The molecule has 0 fully saturated rings. The predicted octanol–water partition coefficient (Wildman–Crippen LogP) is 1.81. The van der Waals surface area contributed by atoms with Crippen molar-refractivity contribution in [3.63, 3.8) is 0 Å². The van der Waals surface area contributed by atoms with Gasteiger partial charge >= 0.3 is 4.87 Å². The monoisotopic (exact) mass is 192 g/mol. The van der Waals surface area contributed by atoms with Crippen LogP contribution in [0.2, 0.25) is 0 Å². The number of rotatable bonds is 1. The first-order valence-corrected chi connectivity index (χ1v) is 4.70. The molecule has 0 aromatic carbocycles. The van der Waals surface area contributed by atoms with Crippen molar-refractivity contribution < 1.29 is 0 Å². The Bertz CT molecular complexity index is 458. The van der Waals surface area contributed by atoms with Crippen LogP contribution in [0.1, 0.15) is 4.88 Å². The van der Waals surface area contributed by atoms with Gasteiger partial charge in [-0.2, -0.15) is 0 Å². The number of pyridine rings is 1. The number of H-pyrrole nitrogens is 1. The zero-order chi connectivity index (χ0) is 9.26. The first kappa shape index (κ1) is 8.19. The van der Waals surface area contributed by atoms with Gasteiger partial charge in [0.2, 0.25) is 0 Å². The highest BCUT2D eigenvalue weighted by molar-refractivity contribution is 7.09. The van der Waals surface area contributed by atoms with Crippen LogP contribution in [0, 0.1) is 6.92 Å². The van der Waals surface area contributed by atoms with Gasteiger partial charge in [-0.15, -0.1) is 0 Å². The average molecular weight is 192 g/mol. The molecular weight excluding hydrogens is 184 g/mol. The number of hydrogen-bond donors (Lipinski definition) is 1. The Balaban J connectivity index is 2.59. The molecule has 0 radical (unpaired) electrons. The summed E-state index contributed by atoms with van der Waals surface area (Å²) in [4.78, 5) is 18.9. The minimum Gasteiger partial charge on any atom is -0.311 e. The molecule has 0 aliphatic rings. The summed E-state index contributed by atoms with van der Waals surface area (Å²) in [5.41, 5.74) is 1.65. The molecule has 0 aliphatic heterocycles. The summed E-state index contributed by atoms with van der Waals surface area (Å²) >= 11 is 1.21. The molecule has 2 aromatic rings. The maximum Gasteiger partial charge on any atom is 0.305 e. The molecule has 1 N–H and O–H groups in total. The number of thiazole rings is 1. The second-order valence-corrected chi connectivity index (χ2v) is 3.85. The van der Waals surface area contributed by atoms with Gasteiger partial charge in [-0.25, -0.2) is 0 Å². The third-order valence-corrected chi connectivity index (χ3v) is 2.54. The maximum absolute atomic E-state index is 11.0. The van der Waals surface area contributed by atoms with Crippen LogP contribution in [0.5, 0.6) is 0 Å². The van der Waals surface area contributed by atoms with Crippen molar-refractivity contribution in [3.8, 4) is 11.4 Å². The molecule has 13 heavy (non-hydrogen) atoms. The summed E-state index contributed by atoms with van der Waals surface area (Å²) in [6, 6.07) is 5.63. The largest absolute Gasteiger partial charge is 0.311 e. The predicted molar refractivity (Wildman–Crippen MR) is 52.9 cm³/mol. The summed E-state index contributed by atoms with van der Waals surface area (Å²) in [6.07, 6.45) is 1.71. The second kappa shape index (κ2) is 3.14. The minimum absolute atomic E-state index is 0.0295. The van der Waals surface area contributed by atoms with Gasteiger partial charge in [0.1, 0.15) is 0 Å². The molecule has 0 unspecified atom stereocenters. The topological polar surface area (TPSA) is 45.8 Å². The van der Waals surface area contributed by atoms with E-state index in [2.05, 4.69) is 9.97 Å². The van der Waals surface area contributed by atoms with Gasteiger partial charge in [-0.1, -0.05) is 17.4 Å². The van der Waals surface area contributed by atoms with E-state index in [1.165, 1.54) is 11.3 Å². The smallest absolute Gasteiger partial charge is 0.305 e.